The highest BCUT2D eigenvalue weighted by molar-refractivity contribution is 6.36. The molecule has 0 aliphatic rings. The number of halogens is 2. The second-order valence-corrected chi connectivity index (χ2v) is 6.83. The Bertz CT molecular complexity index is 950. The largest absolute Gasteiger partial charge is 0.484 e. The summed E-state index contributed by atoms with van der Waals surface area (Å²) < 4.78 is 5.46. The molecular formula is C20H20Cl2N4O4. The first-order valence-corrected chi connectivity index (χ1v) is 9.73. The van der Waals surface area contributed by atoms with Crippen molar-refractivity contribution in [3.63, 3.8) is 0 Å². The molecule has 30 heavy (non-hydrogen) atoms. The van der Waals surface area contributed by atoms with Gasteiger partial charge in [0.2, 0.25) is 0 Å². The van der Waals surface area contributed by atoms with Crippen LogP contribution in [0.4, 0.5) is 5.69 Å². The molecule has 0 aliphatic carbocycles. The highest BCUT2D eigenvalue weighted by Gasteiger charge is 2.11. The maximum absolute atomic E-state index is 12.1. The summed E-state index contributed by atoms with van der Waals surface area (Å²) in [6, 6.07) is 11.4. The number of nitrogens with zero attached hydrogens (tertiary/aromatic N) is 1. The van der Waals surface area contributed by atoms with E-state index in [-0.39, 0.29) is 6.61 Å². The first-order chi connectivity index (χ1) is 14.4. The number of carbonyl (C=O) groups is 3. The number of benzene rings is 2. The number of carbonyl (C=O) groups excluding carboxylic acids is 3. The molecule has 0 bridgehead atoms. The van der Waals surface area contributed by atoms with Crippen LogP contribution in [-0.4, -0.2) is 37.1 Å². The molecule has 3 N–H and O–H groups in total. The van der Waals surface area contributed by atoms with Crippen molar-refractivity contribution in [1.29, 1.82) is 0 Å². The molecule has 0 unspecified atom stereocenters. The molecule has 158 valence electrons. The van der Waals surface area contributed by atoms with Gasteiger partial charge in [-0.1, -0.05) is 42.3 Å². The topological polar surface area (TPSA) is 109 Å². The minimum atomic E-state index is -0.857. The standard InChI is InChI=1S/C20H20Cl2N4O4/c1-2-8-23-19(28)20(29)26-24-11-13-4-3-5-15(9-13)30-12-18(27)25-17-7-6-14(21)10-16(17)22/h3-7,9-11H,2,8,12H2,1H3,(H,23,28)(H,25,27)(H,26,29)/b24-11-. The molecule has 0 heterocycles. The lowest BCUT2D eigenvalue weighted by molar-refractivity contribution is -0.139. The summed E-state index contributed by atoms with van der Waals surface area (Å²) in [6.45, 7) is 2.04. The number of amides is 3. The Morgan fingerprint density at radius 1 is 1.10 bits per heavy atom. The number of anilines is 1. The van der Waals surface area contributed by atoms with E-state index in [9.17, 15) is 14.4 Å². The minimum absolute atomic E-state index is 0.242. The van der Waals surface area contributed by atoms with Crippen LogP contribution in [0.25, 0.3) is 0 Å². The van der Waals surface area contributed by atoms with Gasteiger partial charge in [-0.2, -0.15) is 5.10 Å². The van der Waals surface area contributed by atoms with Gasteiger partial charge in [-0.05, 0) is 42.3 Å². The molecule has 0 radical (unpaired) electrons. The summed E-state index contributed by atoms with van der Waals surface area (Å²) in [6.07, 6.45) is 2.07. The number of hydrogen-bond acceptors (Lipinski definition) is 5. The monoisotopic (exact) mass is 450 g/mol. The number of hydrazone groups is 1. The zero-order valence-electron chi connectivity index (χ0n) is 16.1. The van der Waals surface area contributed by atoms with Crippen molar-refractivity contribution in [2.45, 2.75) is 13.3 Å². The van der Waals surface area contributed by atoms with Crippen molar-refractivity contribution in [2.75, 3.05) is 18.5 Å². The Labute approximate surface area is 183 Å². The molecule has 2 aromatic carbocycles. The maximum Gasteiger partial charge on any atom is 0.329 e. The Hall–Kier alpha value is -3.10. The quantitative estimate of drug-likeness (QED) is 0.326. The fourth-order valence-corrected chi connectivity index (χ4v) is 2.60. The van der Waals surface area contributed by atoms with E-state index in [1.807, 2.05) is 6.92 Å². The number of ether oxygens (including phenoxy) is 1. The molecular weight excluding hydrogens is 431 g/mol. The van der Waals surface area contributed by atoms with Gasteiger partial charge in [-0.25, -0.2) is 5.43 Å². The predicted octanol–water partition coefficient (Wildman–Crippen LogP) is 2.99. The molecule has 2 aromatic rings. The van der Waals surface area contributed by atoms with E-state index in [4.69, 9.17) is 27.9 Å². The van der Waals surface area contributed by atoms with Crippen molar-refractivity contribution >= 4 is 52.8 Å². The lowest BCUT2D eigenvalue weighted by atomic mass is 10.2. The first-order valence-electron chi connectivity index (χ1n) is 8.98. The smallest absolute Gasteiger partial charge is 0.329 e. The maximum atomic E-state index is 12.1. The van der Waals surface area contributed by atoms with E-state index in [2.05, 4.69) is 21.2 Å². The van der Waals surface area contributed by atoms with Crippen LogP contribution >= 0.6 is 23.2 Å². The molecule has 0 aliphatic heterocycles. The molecule has 2 rings (SSSR count). The van der Waals surface area contributed by atoms with E-state index in [1.54, 1.807) is 36.4 Å². The highest BCUT2D eigenvalue weighted by atomic mass is 35.5. The molecule has 10 heteroatoms. The highest BCUT2D eigenvalue weighted by Crippen LogP contribution is 2.25. The molecule has 0 spiro atoms. The van der Waals surface area contributed by atoms with Gasteiger partial charge in [0, 0.05) is 11.6 Å². The fraction of sp³-hybridized carbons (Fsp3) is 0.200. The van der Waals surface area contributed by atoms with Crippen LogP contribution in [-0.2, 0) is 14.4 Å². The third kappa shape index (κ3) is 7.73. The molecule has 0 fully saturated rings. The van der Waals surface area contributed by atoms with Crippen molar-refractivity contribution in [2.24, 2.45) is 5.10 Å². The van der Waals surface area contributed by atoms with Gasteiger partial charge in [-0.3, -0.25) is 14.4 Å². The lowest BCUT2D eigenvalue weighted by Gasteiger charge is -2.09. The second-order valence-electron chi connectivity index (χ2n) is 5.99. The molecule has 0 saturated carbocycles. The lowest BCUT2D eigenvalue weighted by Crippen LogP contribution is -2.38. The summed E-state index contributed by atoms with van der Waals surface area (Å²) in [5.41, 5.74) is 3.16. The summed E-state index contributed by atoms with van der Waals surface area (Å²) >= 11 is 11.8. The van der Waals surface area contributed by atoms with Gasteiger partial charge in [0.05, 0.1) is 16.9 Å². The molecule has 0 saturated heterocycles. The summed E-state index contributed by atoms with van der Waals surface area (Å²) in [5.74, 6) is -1.59. The van der Waals surface area contributed by atoms with Gasteiger partial charge in [0.1, 0.15) is 5.75 Å². The third-order valence-electron chi connectivity index (χ3n) is 3.55. The number of hydrogen-bond donors (Lipinski definition) is 3. The molecule has 0 atom stereocenters. The van der Waals surface area contributed by atoms with Crippen LogP contribution < -0.4 is 20.8 Å². The van der Waals surface area contributed by atoms with Crippen LogP contribution in [0.2, 0.25) is 10.0 Å². The fourth-order valence-electron chi connectivity index (χ4n) is 2.15. The minimum Gasteiger partial charge on any atom is -0.484 e. The van der Waals surface area contributed by atoms with Crippen molar-refractivity contribution in [3.8, 4) is 5.75 Å². The van der Waals surface area contributed by atoms with Gasteiger partial charge < -0.3 is 15.4 Å². The predicted molar refractivity (Wildman–Crippen MR) is 116 cm³/mol. The number of nitrogens with one attached hydrogen (secondary N) is 3. The third-order valence-corrected chi connectivity index (χ3v) is 4.10. The zero-order chi connectivity index (χ0) is 21.9. The normalized spacial score (nSPS) is 10.5. The Morgan fingerprint density at radius 3 is 2.63 bits per heavy atom. The van der Waals surface area contributed by atoms with E-state index in [1.165, 1.54) is 12.3 Å². The van der Waals surface area contributed by atoms with Crippen LogP contribution in [0.1, 0.15) is 18.9 Å². The van der Waals surface area contributed by atoms with Crippen LogP contribution in [0.5, 0.6) is 5.75 Å². The summed E-state index contributed by atoms with van der Waals surface area (Å²) in [4.78, 5) is 35.1. The summed E-state index contributed by atoms with van der Waals surface area (Å²) in [7, 11) is 0. The first kappa shape index (κ1) is 23.2. The van der Waals surface area contributed by atoms with Gasteiger partial charge in [0.15, 0.2) is 6.61 Å². The van der Waals surface area contributed by atoms with Crippen molar-refractivity contribution < 1.29 is 19.1 Å². The Morgan fingerprint density at radius 2 is 1.90 bits per heavy atom. The van der Waals surface area contributed by atoms with E-state index < -0.39 is 17.7 Å². The van der Waals surface area contributed by atoms with Crippen LogP contribution in [0, 0.1) is 0 Å². The molecule has 3 amide bonds. The van der Waals surface area contributed by atoms with E-state index in [0.29, 0.717) is 33.6 Å². The molecule has 0 aromatic heterocycles. The molecule has 8 nitrogen and oxygen atoms in total. The van der Waals surface area contributed by atoms with Crippen LogP contribution in [0.3, 0.4) is 0 Å². The summed E-state index contributed by atoms with van der Waals surface area (Å²) in [5, 5.41) is 9.59. The average Bonchev–Trinajstić information content (AvgIpc) is 2.72. The Balaban J connectivity index is 1.85. The zero-order valence-corrected chi connectivity index (χ0v) is 17.6. The van der Waals surface area contributed by atoms with Crippen molar-refractivity contribution in [3.05, 3.63) is 58.1 Å². The van der Waals surface area contributed by atoms with E-state index >= 15 is 0 Å². The number of rotatable bonds is 8. The van der Waals surface area contributed by atoms with Gasteiger partial charge >= 0.3 is 11.8 Å². The van der Waals surface area contributed by atoms with Crippen LogP contribution in [0.15, 0.2) is 47.6 Å². The second kappa shape index (κ2) is 11.8. The van der Waals surface area contributed by atoms with Gasteiger partial charge in [-0.15, -0.1) is 0 Å². The van der Waals surface area contributed by atoms with E-state index in [0.717, 1.165) is 6.42 Å². The average molecular weight is 451 g/mol. The van der Waals surface area contributed by atoms with Crippen molar-refractivity contribution in [1.82, 2.24) is 10.7 Å². The van der Waals surface area contributed by atoms with Gasteiger partial charge in [0.25, 0.3) is 5.91 Å². The Kier molecular flexibility index (Phi) is 9.11. The SMILES string of the molecule is CCCNC(=O)C(=O)N/N=C\c1cccc(OCC(=O)Nc2ccc(Cl)cc2Cl)c1.